The van der Waals surface area contributed by atoms with Crippen LogP contribution < -0.4 is 16.6 Å². The molecule has 0 aliphatic rings. The maximum Gasteiger partial charge on any atom is 0.323 e. The molecular weight excluding hydrogens is 188 g/mol. The lowest BCUT2D eigenvalue weighted by molar-refractivity contribution is -0.147. The van der Waals surface area contributed by atoms with Gasteiger partial charge in [0.25, 0.3) is 0 Å². The minimum absolute atomic E-state index is 0.154. The summed E-state index contributed by atoms with van der Waals surface area (Å²) >= 11 is 0. The fourth-order valence-corrected chi connectivity index (χ4v) is 0.785. The van der Waals surface area contributed by atoms with E-state index in [1.165, 1.54) is 7.05 Å². The lowest BCUT2D eigenvalue weighted by Crippen LogP contribution is -2.48. The van der Waals surface area contributed by atoms with Crippen molar-refractivity contribution >= 4 is 17.7 Å². The van der Waals surface area contributed by atoms with E-state index in [2.05, 4.69) is 5.32 Å². The molecule has 80 valence electrons. The molecule has 0 rings (SSSR count). The van der Waals surface area contributed by atoms with Crippen molar-refractivity contribution in [3.8, 4) is 0 Å². The molecule has 0 bridgehead atoms. The van der Waals surface area contributed by atoms with Gasteiger partial charge in [-0.25, -0.2) is 5.84 Å². The number of carbonyl (C=O) groups excluding carboxylic acids is 3. The number of carbonyl (C=O) groups is 3. The molecule has 0 fully saturated rings. The van der Waals surface area contributed by atoms with Crippen LogP contribution in [-0.2, 0) is 14.4 Å². The number of likely N-dealkylation sites (N-methyl/N-ethyl adjacent to an activating group) is 2. The Balaban J connectivity index is 4.33. The quantitative estimate of drug-likeness (QED) is 0.205. The van der Waals surface area contributed by atoms with Crippen LogP contribution in [0.5, 0.6) is 0 Å². The van der Waals surface area contributed by atoms with Gasteiger partial charge in [0.2, 0.25) is 5.91 Å². The van der Waals surface area contributed by atoms with Gasteiger partial charge >= 0.3 is 11.8 Å². The monoisotopic (exact) mass is 202 g/mol. The molecule has 0 heterocycles. The number of hydrazine groups is 1. The SMILES string of the molecule is CCN(CC(=O)NC)C(=O)C(=O)NN. The summed E-state index contributed by atoms with van der Waals surface area (Å²) in [5.74, 6) is 2.68. The third kappa shape index (κ3) is 3.40. The molecular formula is C7H14N4O3. The maximum atomic E-state index is 11.2. The highest BCUT2D eigenvalue weighted by molar-refractivity contribution is 6.35. The van der Waals surface area contributed by atoms with E-state index in [9.17, 15) is 14.4 Å². The molecule has 14 heavy (non-hydrogen) atoms. The largest absolute Gasteiger partial charge is 0.358 e. The highest BCUT2D eigenvalue weighted by Crippen LogP contribution is 1.89. The average molecular weight is 202 g/mol. The van der Waals surface area contributed by atoms with E-state index in [4.69, 9.17) is 5.84 Å². The lowest BCUT2D eigenvalue weighted by atomic mass is 10.4. The lowest BCUT2D eigenvalue weighted by Gasteiger charge is -2.18. The Labute approximate surface area is 81.6 Å². The van der Waals surface area contributed by atoms with Gasteiger partial charge in [-0.1, -0.05) is 0 Å². The molecule has 7 heteroatoms. The molecule has 0 saturated carbocycles. The molecule has 4 N–H and O–H groups in total. The summed E-state index contributed by atoms with van der Waals surface area (Å²) in [7, 11) is 1.45. The Kier molecular flexibility index (Phi) is 5.23. The van der Waals surface area contributed by atoms with Crippen LogP contribution in [-0.4, -0.2) is 42.8 Å². The zero-order valence-corrected chi connectivity index (χ0v) is 8.16. The number of rotatable bonds is 3. The van der Waals surface area contributed by atoms with Gasteiger partial charge in [0.1, 0.15) is 0 Å². The summed E-state index contributed by atoms with van der Waals surface area (Å²) < 4.78 is 0. The third-order valence-electron chi connectivity index (χ3n) is 1.61. The predicted octanol–water partition coefficient (Wildman–Crippen LogP) is -2.43. The predicted molar refractivity (Wildman–Crippen MR) is 48.7 cm³/mol. The number of nitrogens with one attached hydrogen (secondary N) is 2. The van der Waals surface area contributed by atoms with Crippen molar-refractivity contribution in [1.82, 2.24) is 15.6 Å². The number of nitrogens with zero attached hydrogens (tertiary/aromatic N) is 1. The summed E-state index contributed by atoms with van der Waals surface area (Å²) in [4.78, 5) is 34.0. The molecule has 0 aromatic carbocycles. The fraction of sp³-hybridized carbons (Fsp3) is 0.571. The molecule has 0 saturated heterocycles. The van der Waals surface area contributed by atoms with Crippen LogP contribution in [0.3, 0.4) is 0 Å². The van der Waals surface area contributed by atoms with Crippen molar-refractivity contribution in [3.05, 3.63) is 0 Å². The zero-order valence-electron chi connectivity index (χ0n) is 8.16. The Morgan fingerprint density at radius 1 is 1.36 bits per heavy atom. The second-order valence-electron chi connectivity index (χ2n) is 2.47. The van der Waals surface area contributed by atoms with Crippen LogP contribution in [0.4, 0.5) is 0 Å². The molecule has 0 radical (unpaired) electrons. The summed E-state index contributed by atoms with van der Waals surface area (Å²) in [5, 5.41) is 2.35. The van der Waals surface area contributed by atoms with Gasteiger partial charge in [-0.05, 0) is 6.92 Å². The van der Waals surface area contributed by atoms with Gasteiger partial charge in [-0.15, -0.1) is 0 Å². The van der Waals surface area contributed by atoms with Gasteiger partial charge in [-0.3, -0.25) is 19.8 Å². The summed E-state index contributed by atoms with van der Waals surface area (Å²) in [6.07, 6.45) is 0. The Morgan fingerprint density at radius 2 is 1.93 bits per heavy atom. The normalized spacial score (nSPS) is 9.07. The number of hydrogen-bond donors (Lipinski definition) is 3. The number of nitrogens with two attached hydrogens (primary N) is 1. The van der Waals surface area contributed by atoms with Gasteiger partial charge in [0, 0.05) is 13.6 Å². The average Bonchev–Trinajstić information content (AvgIpc) is 2.23. The van der Waals surface area contributed by atoms with E-state index in [1.807, 2.05) is 0 Å². The van der Waals surface area contributed by atoms with Gasteiger partial charge in [-0.2, -0.15) is 0 Å². The highest BCUT2D eigenvalue weighted by Gasteiger charge is 2.20. The molecule has 0 aliphatic heterocycles. The van der Waals surface area contributed by atoms with E-state index in [-0.39, 0.29) is 19.0 Å². The molecule has 0 spiro atoms. The van der Waals surface area contributed by atoms with E-state index in [0.29, 0.717) is 0 Å². The Bertz CT molecular complexity index is 241. The zero-order chi connectivity index (χ0) is 11.1. The standard InChI is InChI=1S/C7H14N4O3/c1-3-11(4-5(12)9-2)7(14)6(13)10-8/h3-4,8H2,1-2H3,(H,9,12)(H,10,13). The first-order valence-electron chi connectivity index (χ1n) is 4.07. The van der Waals surface area contributed by atoms with E-state index in [1.54, 1.807) is 12.3 Å². The van der Waals surface area contributed by atoms with Crippen molar-refractivity contribution in [2.24, 2.45) is 5.84 Å². The number of hydrogen-bond acceptors (Lipinski definition) is 4. The van der Waals surface area contributed by atoms with Gasteiger partial charge < -0.3 is 10.2 Å². The van der Waals surface area contributed by atoms with Crippen molar-refractivity contribution in [1.29, 1.82) is 0 Å². The van der Waals surface area contributed by atoms with Crippen molar-refractivity contribution in [2.45, 2.75) is 6.92 Å². The molecule has 0 atom stereocenters. The fourth-order valence-electron chi connectivity index (χ4n) is 0.785. The summed E-state index contributed by atoms with van der Waals surface area (Å²) in [6.45, 7) is 1.77. The molecule has 7 nitrogen and oxygen atoms in total. The Hall–Kier alpha value is -1.63. The molecule has 0 unspecified atom stereocenters. The summed E-state index contributed by atoms with van der Waals surface area (Å²) in [6, 6.07) is 0. The van der Waals surface area contributed by atoms with Crippen LogP contribution in [0.1, 0.15) is 6.92 Å². The first-order chi connectivity index (χ1) is 6.56. The highest BCUT2D eigenvalue weighted by atomic mass is 16.2. The van der Waals surface area contributed by atoms with Crippen LogP contribution in [0.25, 0.3) is 0 Å². The summed E-state index contributed by atoms with van der Waals surface area (Å²) in [5.41, 5.74) is 1.71. The van der Waals surface area contributed by atoms with Crippen LogP contribution in [0.15, 0.2) is 0 Å². The van der Waals surface area contributed by atoms with E-state index < -0.39 is 11.8 Å². The van der Waals surface area contributed by atoms with Crippen molar-refractivity contribution in [3.63, 3.8) is 0 Å². The minimum atomic E-state index is -0.934. The van der Waals surface area contributed by atoms with E-state index >= 15 is 0 Å². The molecule has 0 aliphatic carbocycles. The third-order valence-corrected chi connectivity index (χ3v) is 1.61. The van der Waals surface area contributed by atoms with Crippen LogP contribution in [0.2, 0.25) is 0 Å². The first kappa shape index (κ1) is 12.4. The van der Waals surface area contributed by atoms with Crippen LogP contribution >= 0.6 is 0 Å². The molecule has 0 aromatic rings. The van der Waals surface area contributed by atoms with Crippen LogP contribution in [0, 0.1) is 0 Å². The second-order valence-corrected chi connectivity index (χ2v) is 2.47. The first-order valence-corrected chi connectivity index (χ1v) is 4.07. The van der Waals surface area contributed by atoms with Gasteiger partial charge in [0.15, 0.2) is 0 Å². The molecule has 0 aromatic heterocycles. The minimum Gasteiger partial charge on any atom is -0.358 e. The van der Waals surface area contributed by atoms with Crippen molar-refractivity contribution < 1.29 is 14.4 Å². The molecule has 3 amide bonds. The Morgan fingerprint density at radius 3 is 2.29 bits per heavy atom. The van der Waals surface area contributed by atoms with Crippen molar-refractivity contribution in [2.75, 3.05) is 20.1 Å². The smallest absolute Gasteiger partial charge is 0.323 e. The maximum absolute atomic E-state index is 11.2. The number of amides is 3. The second kappa shape index (κ2) is 5.92. The van der Waals surface area contributed by atoms with E-state index in [0.717, 1.165) is 4.90 Å². The topological polar surface area (TPSA) is 105 Å². The van der Waals surface area contributed by atoms with Gasteiger partial charge in [0.05, 0.1) is 6.54 Å².